The summed E-state index contributed by atoms with van der Waals surface area (Å²) in [5.41, 5.74) is 6.43. The summed E-state index contributed by atoms with van der Waals surface area (Å²) in [7, 11) is -3.61. The summed E-state index contributed by atoms with van der Waals surface area (Å²) in [6, 6.07) is 12.8. The fourth-order valence-electron chi connectivity index (χ4n) is 1.93. The summed E-state index contributed by atoms with van der Waals surface area (Å²) >= 11 is 5.79. The molecule has 0 aromatic heterocycles. The molecular weight excluding hydrogens is 324 g/mol. The number of amides is 1. The summed E-state index contributed by atoms with van der Waals surface area (Å²) in [6.45, 7) is 0.205. The first kappa shape index (κ1) is 16.5. The van der Waals surface area contributed by atoms with Crippen molar-refractivity contribution in [3.63, 3.8) is 0 Å². The lowest BCUT2D eigenvalue weighted by Gasteiger charge is -2.07. The summed E-state index contributed by atoms with van der Waals surface area (Å²) in [5.74, 6) is -0.513. The zero-order valence-corrected chi connectivity index (χ0v) is 13.2. The van der Waals surface area contributed by atoms with Gasteiger partial charge < -0.3 is 5.73 Å². The third-order valence-corrected chi connectivity index (χ3v) is 4.72. The van der Waals surface area contributed by atoms with Crippen molar-refractivity contribution in [3.8, 4) is 0 Å². The monoisotopic (exact) mass is 338 g/mol. The van der Waals surface area contributed by atoms with E-state index in [4.69, 9.17) is 17.3 Å². The van der Waals surface area contributed by atoms with Gasteiger partial charge in [0.05, 0.1) is 4.90 Å². The quantitative estimate of drug-likeness (QED) is 0.843. The summed E-state index contributed by atoms with van der Waals surface area (Å²) in [6.07, 6.45) is 0.445. The number of primary amides is 1. The van der Waals surface area contributed by atoms with Gasteiger partial charge in [-0.25, -0.2) is 13.1 Å². The van der Waals surface area contributed by atoms with Gasteiger partial charge in [-0.3, -0.25) is 4.79 Å². The molecule has 0 saturated carbocycles. The van der Waals surface area contributed by atoms with Crippen molar-refractivity contribution in [1.82, 2.24) is 4.72 Å². The maximum absolute atomic E-state index is 12.1. The molecule has 0 radical (unpaired) electrons. The Morgan fingerprint density at radius 3 is 2.55 bits per heavy atom. The van der Waals surface area contributed by atoms with Crippen molar-refractivity contribution >= 4 is 27.5 Å². The van der Waals surface area contributed by atoms with E-state index in [1.165, 1.54) is 12.1 Å². The molecule has 22 heavy (non-hydrogen) atoms. The normalized spacial score (nSPS) is 11.3. The minimum Gasteiger partial charge on any atom is -0.366 e. The molecule has 0 saturated heterocycles. The highest BCUT2D eigenvalue weighted by molar-refractivity contribution is 7.89. The maximum Gasteiger partial charge on any atom is 0.248 e. The fourth-order valence-corrected chi connectivity index (χ4v) is 3.26. The number of sulfonamides is 1. The molecule has 0 unspecified atom stereocenters. The van der Waals surface area contributed by atoms with E-state index < -0.39 is 15.9 Å². The summed E-state index contributed by atoms with van der Waals surface area (Å²) < 4.78 is 26.7. The van der Waals surface area contributed by atoms with Crippen molar-refractivity contribution in [3.05, 3.63) is 64.7 Å². The standard InChI is InChI=1S/C15H15ClN2O3S/c16-13-5-2-6-14(10-13)22(20,21)18-8-7-11-3-1-4-12(9-11)15(17)19/h1-6,9-10,18H,7-8H2,(H2,17,19). The Hall–Kier alpha value is -1.89. The Bertz CT molecular complexity index is 791. The lowest BCUT2D eigenvalue weighted by Crippen LogP contribution is -2.26. The molecule has 0 spiro atoms. The van der Waals surface area contributed by atoms with Gasteiger partial charge >= 0.3 is 0 Å². The first-order valence-corrected chi connectivity index (χ1v) is 8.38. The molecule has 7 heteroatoms. The van der Waals surface area contributed by atoms with Gasteiger partial charge in [-0.2, -0.15) is 0 Å². The van der Waals surface area contributed by atoms with Gasteiger partial charge in [0.15, 0.2) is 0 Å². The molecule has 0 bridgehead atoms. The Balaban J connectivity index is 2.01. The highest BCUT2D eigenvalue weighted by Gasteiger charge is 2.13. The number of benzene rings is 2. The number of rotatable bonds is 6. The second kappa shape index (κ2) is 6.91. The first-order chi connectivity index (χ1) is 10.4. The van der Waals surface area contributed by atoms with Crippen LogP contribution in [0.4, 0.5) is 0 Å². The van der Waals surface area contributed by atoms with Crippen LogP contribution in [0, 0.1) is 0 Å². The van der Waals surface area contributed by atoms with Crippen LogP contribution >= 0.6 is 11.6 Å². The molecule has 0 fully saturated rings. The number of hydrogen-bond acceptors (Lipinski definition) is 3. The molecular formula is C15H15ClN2O3S. The van der Waals surface area contributed by atoms with Crippen LogP contribution in [-0.2, 0) is 16.4 Å². The van der Waals surface area contributed by atoms with Crippen LogP contribution < -0.4 is 10.5 Å². The highest BCUT2D eigenvalue weighted by Crippen LogP contribution is 2.15. The average molecular weight is 339 g/mol. The SMILES string of the molecule is NC(=O)c1cccc(CCNS(=O)(=O)c2cccc(Cl)c2)c1. The minimum atomic E-state index is -3.61. The molecule has 3 N–H and O–H groups in total. The third-order valence-electron chi connectivity index (χ3n) is 3.02. The predicted octanol–water partition coefficient (Wildman–Crippen LogP) is 1.96. The third kappa shape index (κ3) is 4.30. The predicted molar refractivity (Wildman–Crippen MR) is 85.3 cm³/mol. The van der Waals surface area contributed by atoms with E-state index in [0.29, 0.717) is 17.0 Å². The van der Waals surface area contributed by atoms with Crippen molar-refractivity contribution in [1.29, 1.82) is 0 Å². The molecule has 116 valence electrons. The molecule has 2 aromatic rings. The van der Waals surface area contributed by atoms with Gasteiger partial charge in [0.1, 0.15) is 0 Å². The molecule has 0 aliphatic carbocycles. The molecule has 0 atom stereocenters. The lowest BCUT2D eigenvalue weighted by atomic mass is 10.1. The van der Waals surface area contributed by atoms with Gasteiger partial charge in [-0.05, 0) is 42.3 Å². The van der Waals surface area contributed by atoms with E-state index in [2.05, 4.69) is 4.72 Å². The molecule has 2 aromatic carbocycles. The van der Waals surface area contributed by atoms with Crippen molar-refractivity contribution in [2.45, 2.75) is 11.3 Å². The second-order valence-corrected chi connectivity index (χ2v) is 6.87. The number of carbonyl (C=O) groups is 1. The molecule has 0 heterocycles. The average Bonchev–Trinajstić information content (AvgIpc) is 2.47. The number of hydrogen-bond donors (Lipinski definition) is 2. The van der Waals surface area contributed by atoms with Crippen LogP contribution in [0.3, 0.4) is 0 Å². The summed E-state index contributed by atoms with van der Waals surface area (Å²) in [4.78, 5) is 11.2. The zero-order valence-electron chi connectivity index (χ0n) is 11.6. The van der Waals surface area contributed by atoms with Gasteiger partial charge in [-0.15, -0.1) is 0 Å². The molecule has 5 nitrogen and oxygen atoms in total. The Labute approximate surface area is 134 Å². The maximum atomic E-state index is 12.1. The van der Waals surface area contributed by atoms with E-state index in [9.17, 15) is 13.2 Å². The van der Waals surface area contributed by atoms with E-state index in [1.807, 2.05) is 0 Å². The van der Waals surface area contributed by atoms with Gasteiger partial charge in [-0.1, -0.05) is 29.8 Å². The Morgan fingerprint density at radius 2 is 1.86 bits per heavy atom. The lowest BCUT2D eigenvalue weighted by molar-refractivity contribution is 0.1000. The first-order valence-electron chi connectivity index (χ1n) is 6.52. The second-order valence-electron chi connectivity index (χ2n) is 4.67. The van der Waals surface area contributed by atoms with Crippen LogP contribution in [0.5, 0.6) is 0 Å². The Kier molecular flexibility index (Phi) is 5.18. The van der Waals surface area contributed by atoms with E-state index >= 15 is 0 Å². The van der Waals surface area contributed by atoms with E-state index in [0.717, 1.165) is 5.56 Å². The van der Waals surface area contributed by atoms with Crippen molar-refractivity contribution < 1.29 is 13.2 Å². The topological polar surface area (TPSA) is 89.3 Å². The molecule has 1 amide bonds. The van der Waals surface area contributed by atoms with Crippen molar-refractivity contribution in [2.24, 2.45) is 5.73 Å². The zero-order chi connectivity index (χ0) is 16.2. The van der Waals surface area contributed by atoms with E-state index in [-0.39, 0.29) is 11.4 Å². The van der Waals surface area contributed by atoms with Gasteiger partial charge in [0.25, 0.3) is 0 Å². The molecule has 0 aliphatic heterocycles. The van der Waals surface area contributed by atoms with Gasteiger partial charge in [0.2, 0.25) is 15.9 Å². The Morgan fingerprint density at radius 1 is 1.14 bits per heavy atom. The van der Waals surface area contributed by atoms with Crippen LogP contribution in [0.25, 0.3) is 0 Å². The fraction of sp³-hybridized carbons (Fsp3) is 0.133. The number of nitrogens with one attached hydrogen (secondary N) is 1. The summed E-state index contributed by atoms with van der Waals surface area (Å²) in [5, 5.41) is 0.358. The van der Waals surface area contributed by atoms with Crippen LogP contribution in [0.15, 0.2) is 53.4 Å². The largest absolute Gasteiger partial charge is 0.366 e. The van der Waals surface area contributed by atoms with Crippen LogP contribution in [-0.4, -0.2) is 20.9 Å². The number of nitrogens with two attached hydrogens (primary N) is 1. The minimum absolute atomic E-state index is 0.117. The number of halogens is 1. The molecule has 2 rings (SSSR count). The van der Waals surface area contributed by atoms with Crippen LogP contribution in [0.2, 0.25) is 5.02 Å². The highest BCUT2D eigenvalue weighted by atomic mass is 35.5. The van der Waals surface area contributed by atoms with E-state index in [1.54, 1.807) is 36.4 Å². The molecule has 0 aliphatic rings. The van der Waals surface area contributed by atoms with Gasteiger partial charge in [0, 0.05) is 17.1 Å². The van der Waals surface area contributed by atoms with Crippen molar-refractivity contribution in [2.75, 3.05) is 6.54 Å². The van der Waals surface area contributed by atoms with Crippen LogP contribution in [0.1, 0.15) is 15.9 Å². The smallest absolute Gasteiger partial charge is 0.248 e. The number of carbonyl (C=O) groups excluding carboxylic acids is 1.